The first-order valence-corrected chi connectivity index (χ1v) is 8.06. The minimum absolute atomic E-state index is 0.0295. The number of anilines is 1. The van der Waals surface area contributed by atoms with Crippen LogP contribution in [0, 0.1) is 0 Å². The Labute approximate surface area is 151 Å². The molecule has 0 saturated carbocycles. The SMILES string of the molecule is C=CCn1c(-c2cccc(Cl)c2)ncc(NC(=O)OC(C)(C)C)c1=O. The first-order valence-electron chi connectivity index (χ1n) is 7.68. The molecule has 0 fully saturated rings. The van der Waals surface area contributed by atoms with E-state index in [-0.39, 0.29) is 12.2 Å². The largest absolute Gasteiger partial charge is 0.444 e. The summed E-state index contributed by atoms with van der Waals surface area (Å²) in [6.45, 7) is 9.11. The van der Waals surface area contributed by atoms with Crippen LogP contribution < -0.4 is 10.9 Å². The summed E-state index contributed by atoms with van der Waals surface area (Å²) in [4.78, 5) is 28.9. The highest BCUT2D eigenvalue weighted by Crippen LogP contribution is 2.21. The molecule has 1 heterocycles. The van der Waals surface area contributed by atoms with Crippen molar-refractivity contribution in [2.45, 2.75) is 32.9 Å². The number of halogens is 1. The van der Waals surface area contributed by atoms with Crippen LogP contribution >= 0.6 is 11.6 Å². The highest BCUT2D eigenvalue weighted by Gasteiger charge is 2.19. The molecule has 1 N–H and O–H groups in total. The molecular formula is C18H20ClN3O3. The Morgan fingerprint density at radius 1 is 1.44 bits per heavy atom. The summed E-state index contributed by atoms with van der Waals surface area (Å²) in [6.07, 6.45) is 2.17. The molecule has 0 bridgehead atoms. The average Bonchev–Trinajstić information content (AvgIpc) is 2.49. The van der Waals surface area contributed by atoms with Crippen LogP contribution in [0.2, 0.25) is 5.02 Å². The zero-order chi connectivity index (χ0) is 18.6. The molecule has 0 aliphatic heterocycles. The molecule has 7 heteroatoms. The highest BCUT2D eigenvalue weighted by atomic mass is 35.5. The van der Waals surface area contributed by atoms with Crippen LogP contribution in [0.5, 0.6) is 0 Å². The third-order valence-electron chi connectivity index (χ3n) is 3.08. The smallest absolute Gasteiger partial charge is 0.412 e. The second-order valence-corrected chi connectivity index (χ2v) is 6.77. The molecule has 1 aromatic heterocycles. The van der Waals surface area contributed by atoms with Gasteiger partial charge >= 0.3 is 6.09 Å². The predicted molar refractivity (Wildman–Crippen MR) is 99.0 cm³/mol. The van der Waals surface area contributed by atoms with Crippen LogP contribution in [0.3, 0.4) is 0 Å². The fraction of sp³-hybridized carbons (Fsp3) is 0.278. The van der Waals surface area contributed by atoms with Crippen molar-refractivity contribution in [3.05, 3.63) is 58.5 Å². The van der Waals surface area contributed by atoms with E-state index in [0.717, 1.165) is 0 Å². The summed E-state index contributed by atoms with van der Waals surface area (Å²) in [5, 5.41) is 2.97. The Morgan fingerprint density at radius 3 is 2.76 bits per heavy atom. The molecule has 0 aliphatic rings. The molecule has 0 unspecified atom stereocenters. The standard InChI is InChI=1S/C18H20ClN3O3/c1-5-9-22-15(12-7-6-8-13(19)10-12)20-11-14(16(22)23)21-17(24)25-18(2,3)4/h5-8,10-11H,1,9H2,2-4H3,(H,21,24). The molecule has 6 nitrogen and oxygen atoms in total. The van der Waals surface area contributed by atoms with E-state index < -0.39 is 17.3 Å². The maximum Gasteiger partial charge on any atom is 0.412 e. The van der Waals surface area contributed by atoms with E-state index in [1.54, 1.807) is 51.1 Å². The molecule has 0 aliphatic carbocycles. The quantitative estimate of drug-likeness (QED) is 0.832. The molecule has 2 rings (SSSR count). The van der Waals surface area contributed by atoms with Gasteiger partial charge in [0, 0.05) is 17.1 Å². The maximum absolute atomic E-state index is 12.7. The Bertz CT molecular complexity index is 853. The van der Waals surface area contributed by atoms with Gasteiger partial charge in [-0.15, -0.1) is 6.58 Å². The van der Waals surface area contributed by atoms with Gasteiger partial charge in [0.05, 0.1) is 6.20 Å². The number of amides is 1. The number of carbonyl (C=O) groups is 1. The minimum atomic E-state index is -0.716. The van der Waals surface area contributed by atoms with E-state index in [9.17, 15) is 9.59 Å². The lowest BCUT2D eigenvalue weighted by Crippen LogP contribution is -2.31. The first-order chi connectivity index (χ1) is 11.7. The Kier molecular flexibility index (Phi) is 5.64. The Hall–Kier alpha value is -2.60. The number of carbonyl (C=O) groups excluding carboxylic acids is 1. The van der Waals surface area contributed by atoms with Crippen molar-refractivity contribution in [3.8, 4) is 11.4 Å². The molecule has 1 aromatic carbocycles. The number of hydrogen-bond donors (Lipinski definition) is 1. The summed E-state index contributed by atoms with van der Waals surface area (Å²) < 4.78 is 6.57. The van der Waals surface area contributed by atoms with Crippen molar-refractivity contribution in [2.24, 2.45) is 0 Å². The van der Waals surface area contributed by atoms with Gasteiger partial charge in [0.2, 0.25) is 0 Å². The number of nitrogens with one attached hydrogen (secondary N) is 1. The lowest BCUT2D eigenvalue weighted by Gasteiger charge is -2.20. The van der Waals surface area contributed by atoms with Crippen LogP contribution in [0.25, 0.3) is 11.4 Å². The summed E-state index contributed by atoms with van der Waals surface area (Å²) in [5.41, 5.74) is -0.355. The van der Waals surface area contributed by atoms with Crippen LogP contribution in [0.4, 0.5) is 10.5 Å². The van der Waals surface area contributed by atoms with Gasteiger partial charge in [0.1, 0.15) is 17.1 Å². The minimum Gasteiger partial charge on any atom is -0.444 e. The normalized spacial score (nSPS) is 11.0. The molecule has 1 amide bonds. The molecule has 132 valence electrons. The number of allylic oxidation sites excluding steroid dienone is 1. The number of hydrogen-bond acceptors (Lipinski definition) is 4. The highest BCUT2D eigenvalue weighted by molar-refractivity contribution is 6.30. The molecule has 0 atom stereocenters. The van der Waals surface area contributed by atoms with Crippen LogP contribution in [-0.4, -0.2) is 21.2 Å². The summed E-state index contributed by atoms with van der Waals surface area (Å²) in [6, 6.07) is 7.02. The molecule has 0 saturated heterocycles. The second kappa shape index (κ2) is 7.53. The van der Waals surface area contributed by atoms with Gasteiger partial charge in [0.15, 0.2) is 0 Å². The first kappa shape index (κ1) is 18.7. The van der Waals surface area contributed by atoms with Crippen molar-refractivity contribution in [1.82, 2.24) is 9.55 Å². The number of benzene rings is 1. The van der Waals surface area contributed by atoms with Gasteiger partial charge in [-0.05, 0) is 32.9 Å². The fourth-order valence-corrected chi connectivity index (χ4v) is 2.34. The van der Waals surface area contributed by atoms with Gasteiger partial charge in [-0.2, -0.15) is 0 Å². The van der Waals surface area contributed by atoms with Crippen LogP contribution in [-0.2, 0) is 11.3 Å². The third-order valence-corrected chi connectivity index (χ3v) is 3.31. The van der Waals surface area contributed by atoms with Crippen molar-refractivity contribution < 1.29 is 9.53 Å². The van der Waals surface area contributed by atoms with E-state index >= 15 is 0 Å². The number of aromatic nitrogens is 2. The van der Waals surface area contributed by atoms with E-state index in [4.69, 9.17) is 16.3 Å². The lowest BCUT2D eigenvalue weighted by molar-refractivity contribution is 0.0635. The molecule has 2 aromatic rings. The maximum atomic E-state index is 12.7. The van der Waals surface area contributed by atoms with Gasteiger partial charge in [-0.1, -0.05) is 29.8 Å². The van der Waals surface area contributed by atoms with Crippen molar-refractivity contribution in [2.75, 3.05) is 5.32 Å². The van der Waals surface area contributed by atoms with E-state index in [2.05, 4.69) is 16.9 Å². The second-order valence-electron chi connectivity index (χ2n) is 6.34. The van der Waals surface area contributed by atoms with Crippen molar-refractivity contribution >= 4 is 23.4 Å². The summed E-state index contributed by atoms with van der Waals surface area (Å²) in [5.74, 6) is 0.433. The summed E-state index contributed by atoms with van der Waals surface area (Å²) >= 11 is 6.02. The Balaban J connectivity index is 2.43. The lowest BCUT2D eigenvalue weighted by atomic mass is 10.2. The van der Waals surface area contributed by atoms with Gasteiger partial charge in [0.25, 0.3) is 5.56 Å². The zero-order valence-corrected chi connectivity index (χ0v) is 15.1. The average molecular weight is 362 g/mol. The van der Waals surface area contributed by atoms with E-state index in [1.165, 1.54) is 10.8 Å². The zero-order valence-electron chi connectivity index (χ0n) is 14.4. The molecule has 0 radical (unpaired) electrons. The third kappa shape index (κ3) is 4.93. The topological polar surface area (TPSA) is 73.2 Å². The van der Waals surface area contributed by atoms with Gasteiger partial charge in [-0.25, -0.2) is 9.78 Å². The van der Waals surface area contributed by atoms with Gasteiger partial charge in [-0.3, -0.25) is 14.7 Å². The monoisotopic (exact) mass is 361 g/mol. The van der Waals surface area contributed by atoms with Crippen LogP contribution in [0.15, 0.2) is 47.9 Å². The van der Waals surface area contributed by atoms with Crippen molar-refractivity contribution in [1.29, 1.82) is 0 Å². The Morgan fingerprint density at radius 2 is 2.16 bits per heavy atom. The number of rotatable bonds is 4. The van der Waals surface area contributed by atoms with Gasteiger partial charge < -0.3 is 4.74 Å². The molecule has 0 spiro atoms. The van der Waals surface area contributed by atoms with E-state index in [1.807, 2.05) is 0 Å². The fourth-order valence-electron chi connectivity index (χ4n) is 2.15. The molecular weight excluding hydrogens is 342 g/mol. The van der Waals surface area contributed by atoms with E-state index in [0.29, 0.717) is 16.4 Å². The number of ether oxygens (including phenoxy) is 1. The number of nitrogens with zero attached hydrogens (tertiary/aromatic N) is 2. The van der Waals surface area contributed by atoms with Crippen molar-refractivity contribution in [3.63, 3.8) is 0 Å². The predicted octanol–water partition coefficient (Wildman–Crippen LogP) is 4.10. The summed E-state index contributed by atoms with van der Waals surface area (Å²) in [7, 11) is 0. The van der Waals surface area contributed by atoms with Crippen LogP contribution in [0.1, 0.15) is 20.8 Å². The molecule has 25 heavy (non-hydrogen) atoms.